The van der Waals surface area contributed by atoms with Crippen LogP contribution in [0.25, 0.3) is 12.0 Å². The highest BCUT2D eigenvalue weighted by atomic mass is 16.6. The Labute approximate surface area is 165 Å². The molecule has 0 aliphatic carbocycles. The third kappa shape index (κ3) is 4.43. The number of rotatable bonds is 5. The number of hydrogen-bond donors (Lipinski definition) is 2. The summed E-state index contributed by atoms with van der Waals surface area (Å²) in [5.74, 6) is 0.101. The van der Waals surface area contributed by atoms with Crippen molar-refractivity contribution in [3.05, 3.63) is 79.4 Å². The summed E-state index contributed by atoms with van der Waals surface area (Å²) in [5, 5.41) is 17.6. The van der Waals surface area contributed by atoms with E-state index in [1.165, 1.54) is 29.0 Å². The molecule has 0 fully saturated rings. The SMILES string of the molecule is Cc1cc(NC(=O)/C=C/c2ccc([N+](=O)[O-])cc2)n(-c2nc(C)c(C)c(=O)[nH]2)n1. The lowest BCUT2D eigenvalue weighted by Gasteiger charge is -2.08. The molecule has 0 saturated carbocycles. The van der Waals surface area contributed by atoms with Gasteiger partial charge in [0.05, 0.1) is 10.6 Å². The van der Waals surface area contributed by atoms with Crippen molar-refractivity contribution in [3.63, 3.8) is 0 Å². The molecule has 29 heavy (non-hydrogen) atoms. The maximum atomic E-state index is 12.3. The van der Waals surface area contributed by atoms with Crippen LogP contribution in [0.5, 0.6) is 0 Å². The number of anilines is 1. The summed E-state index contributed by atoms with van der Waals surface area (Å²) in [6.45, 7) is 5.14. The van der Waals surface area contributed by atoms with Crippen LogP contribution in [0, 0.1) is 30.9 Å². The van der Waals surface area contributed by atoms with E-state index in [4.69, 9.17) is 0 Å². The van der Waals surface area contributed by atoms with E-state index in [0.717, 1.165) is 0 Å². The molecule has 2 aromatic heterocycles. The summed E-state index contributed by atoms with van der Waals surface area (Å²) < 4.78 is 1.35. The molecule has 2 N–H and O–H groups in total. The average molecular weight is 394 g/mol. The van der Waals surface area contributed by atoms with Gasteiger partial charge >= 0.3 is 0 Å². The number of non-ortho nitro benzene ring substituents is 1. The van der Waals surface area contributed by atoms with Crippen LogP contribution in [-0.4, -0.2) is 30.6 Å². The zero-order valence-electron chi connectivity index (χ0n) is 16.0. The van der Waals surface area contributed by atoms with Crippen molar-refractivity contribution in [1.29, 1.82) is 0 Å². The van der Waals surface area contributed by atoms with Gasteiger partial charge in [-0.25, -0.2) is 4.98 Å². The van der Waals surface area contributed by atoms with Gasteiger partial charge in [0.25, 0.3) is 11.2 Å². The minimum Gasteiger partial charge on any atom is -0.307 e. The van der Waals surface area contributed by atoms with Crippen molar-refractivity contribution >= 4 is 23.5 Å². The number of H-pyrrole nitrogens is 1. The molecule has 1 amide bonds. The highest BCUT2D eigenvalue weighted by Crippen LogP contribution is 2.15. The van der Waals surface area contributed by atoms with Gasteiger partial charge in [-0.3, -0.25) is 24.7 Å². The van der Waals surface area contributed by atoms with Crippen molar-refractivity contribution in [1.82, 2.24) is 19.7 Å². The van der Waals surface area contributed by atoms with Gasteiger partial charge in [-0.05, 0) is 44.5 Å². The minimum absolute atomic E-state index is 0.0270. The fraction of sp³-hybridized carbons (Fsp3) is 0.158. The molecule has 0 saturated heterocycles. The van der Waals surface area contributed by atoms with E-state index in [2.05, 4.69) is 20.4 Å². The van der Waals surface area contributed by atoms with Gasteiger partial charge in [-0.1, -0.05) is 0 Å². The first-order valence-electron chi connectivity index (χ1n) is 8.62. The average Bonchev–Trinajstić information content (AvgIpc) is 3.04. The Morgan fingerprint density at radius 3 is 2.55 bits per heavy atom. The van der Waals surface area contributed by atoms with Gasteiger partial charge in [-0.15, -0.1) is 0 Å². The highest BCUT2D eigenvalue weighted by Gasteiger charge is 2.13. The zero-order valence-corrected chi connectivity index (χ0v) is 16.0. The number of aromatic nitrogens is 4. The van der Waals surface area contributed by atoms with Gasteiger partial charge in [0.1, 0.15) is 5.82 Å². The number of carbonyl (C=O) groups is 1. The molecule has 0 unspecified atom stereocenters. The molecule has 0 radical (unpaired) electrons. The lowest BCUT2D eigenvalue weighted by molar-refractivity contribution is -0.384. The van der Waals surface area contributed by atoms with Gasteiger partial charge in [0, 0.05) is 35.5 Å². The Kier molecular flexibility index (Phi) is 5.35. The Morgan fingerprint density at radius 2 is 1.93 bits per heavy atom. The normalized spacial score (nSPS) is 11.0. The molecular formula is C19H18N6O4. The standard InChI is InChI=1S/C19H18N6O4/c1-11-10-16(24(23-11)19-20-13(3)12(2)18(27)22-19)21-17(26)9-6-14-4-7-15(8-5-14)25(28)29/h4-10H,1-3H3,(H,21,26)(H,20,22,27)/b9-6+. The third-order valence-electron chi connectivity index (χ3n) is 4.20. The maximum absolute atomic E-state index is 12.3. The molecule has 2 heterocycles. The second-order valence-electron chi connectivity index (χ2n) is 6.35. The second kappa shape index (κ2) is 7.89. The first-order chi connectivity index (χ1) is 13.7. The van der Waals surface area contributed by atoms with E-state index in [9.17, 15) is 19.7 Å². The molecule has 148 valence electrons. The van der Waals surface area contributed by atoms with Crippen molar-refractivity contribution < 1.29 is 9.72 Å². The molecule has 0 aliphatic heterocycles. The summed E-state index contributed by atoms with van der Waals surface area (Å²) >= 11 is 0. The summed E-state index contributed by atoms with van der Waals surface area (Å²) in [7, 11) is 0. The van der Waals surface area contributed by atoms with E-state index >= 15 is 0 Å². The molecule has 0 aliphatic rings. The Balaban J connectivity index is 1.81. The first kappa shape index (κ1) is 19.7. The second-order valence-corrected chi connectivity index (χ2v) is 6.35. The molecular weight excluding hydrogens is 376 g/mol. The fourth-order valence-corrected chi connectivity index (χ4v) is 2.53. The molecule has 3 rings (SSSR count). The van der Waals surface area contributed by atoms with Crippen molar-refractivity contribution in [2.45, 2.75) is 20.8 Å². The molecule has 10 nitrogen and oxygen atoms in total. The zero-order chi connectivity index (χ0) is 21.1. The monoisotopic (exact) mass is 394 g/mol. The molecule has 10 heteroatoms. The van der Waals surface area contributed by atoms with Crippen LogP contribution in [0.15, 0.2) is 41.2 Å². The lowest BCUT2D eigenvalue weighted by Crippen LogP contribution is -2.20. The van der Waals surface area contributed by atoms with Gasteiger partial charge in [-0.2, -0.15) is 9.78 Å². The number of hydrogen-bond acceptors (Lipinski definition) is 6. The number of nitrogens with one attached hydrogen (secondary N) is 2. The molecule has 1 aromatic carbocycles. The van der Waals surface area contributed by atoms with Crippen LogP contribution in [0.4, 0.5) is 11.5 Å². The number of benzene rings is 1. The predicted octanol–water partition coefficient (Wildman–Crippen LogP) is 2.44. The van der Waals surface area contributed by atoms with Crippen LogP contribution >= 0.6 is 0 Å². The number of aryl methyl sites for hydroxylation is 2. The van der Waals surface area contributed by atoms with Crippen molar-refractivity contribution in [2.75, 3.05) is 5.32 Å². The largest absolute Gasteiger partial charge is 0.307 e. The van der Waals surface area contributed by atoms with E-state index in [0.29, 0.717) is 28.3 Å². The summed E-state index contributed by atoms with van der Waals surface area (Å²) in [6.07, 6.45) is 2.83. The Hall–Kier alpha value is -4.08. The van der Waals surface area contributed by atoms with Crippen LogP contribution < -0.4 is 10.9 Å². The topological polar surface area (TPSA) is 136 Å². The molecule has 0 spiro atoms. The molecule has 3 aromatic rings. The van der Waals surface area contributed by atoms with Crippen molar-refractivity contribution in [3.8, 4) is 5.95 Å². The summed E-state index contributed by atoms with van der Waals surface area (Å²) in [6, 6.07) is 7.45. The fourth-order valence-electron chi connectivity index (χ4n) is 2.53. The van der Waals surface area contributed by atoms with E-state index < -0.39 is 10.8 Å². The van der Waals surface area contributed by atoms with Crippen LogP contribution in [-0.2, 0) is 4.79 Å². The van der Waals surface area contributed by atoms with Gasteiger partial charge in [0.2, 0.25) is 11.9 Å². The van der Waals surface area contributed by atoms with E-state index in [-0.39, 0.29) is 17.2 Å². The van der Waals surface area contributed by atoms with E-state index in [1.54, 1.807) is 39.0 Å². The minimum atomic E-state index is -0.491. The lowest BCUT2D eigenvalue weighted by atomic mass is 10.2. The Bertz CT molecular complexity index is 1170. The smallest absolute Gasteiger partial charge is 0.269 e. The Morgan fingerprint density at radius 1 is 1.24 bits per heavy atom. The quantitative estimate of drug-likeness (QED) is 0.387. The number of carbonyl (C=O) groups excluding carboxylic acids is 1. The highest BCUT2D eigenvalue weighted by molar-refractivity contribution is 6.01. The van der Waals surface area contributed by atoms with Gasteiger partial charge < -0.3 is 5.32 Å². The number of nitro groups is 1. The number of nitrogens with zero attached hydrogens (tertiary/aromatic N) is 4. The van der Waals surface area contributed by atoms with Crippen molar-refractivity contribution in [2.24, 2.45) is 0 Å². The number of nitro benzene ring substituents is 1. The number of amides is 1. The third-order valence-corrected chi connectivity index (χ3v) is 4.20. The summed E-state index contributed by atoms with van der Waals surface area (Å²) in [5.41, 5.74) is 2.02. The maximum Gasteiger partial charge on any atom is 0.269 e. The van der Waals surface area contributed by atoms with Crippen LogP contribution in [0.2, 0.25) is 0 Å². The van der Waals surface area contributed by atoms with E-state index in [1.807, 2.05) is 0 Å². The van der Waals surface area contributed by atoms with Crippen LogP contribution in [0.3, 0.4) is 0 Å². The van der Waals surface area contributed by atoms with Crippen LogP contribution in [0.1, 0.15) is 22.5 Å². The molecule has 0 bridgehead atoms. The first-order valence-corrected chi connectivity index (χ1v) is 8.62. The number of aromatic amines is 1. The molecule has 0 atom stereocenters. The summed E-state index contributed by atoms with van der Waals surface area (Å²) in [4.78, 5) is 41.5. The predicted molar refractivity (Wildman–Crippen MR) is 107 cm³/mol. The van der Waals surface area contributed by atoms with Gasteiger partial charge in [0.15, 0.2) is 0 Å².